The van der Waals surface area contributed by atoms with Crippen LogP contribution < -0.4 is 5.01 Å². The normalized spacial score (nSPS) is 9.75. The number of nitrogens with zero attached hydrogens (tertiary/aromatic N) is 4. The zero-order valence-electron chi connectivity index (χ0n) is 8.22. The average Bonchev–Trinajstić information content (AvgIpc) is 2.31. The maximum absolute atomic E-state index is 11.0. The van der Waals surface area contributed by atoms with Gasteiger partial charge in [0.15, 0.2) is 5.03 Å². The molecule has 1 heterocycles. The maximum Gasteiger partial charge on any atom is 0.294 e. The number of hydrazine groups is 1. The standard InChI is InChI=1S/C10H8N4O2/c15-14(16)13(9-5-2-1-3-6-9)10-11-7-4-8-12-10/h1-8H. The van der Waals surface area contributed by atoms with E-state index in [4.69, 9.17) is 0 Å². The number of hydrogen-bond acceptors (Lipinski definition) is 4. The zero-order chi connectivity index (χ0) is 11.4. The Morgan fingerprint density at radius 3 is 2.25 bits per heavy atom. The second-order valence-corrected chi connectivity index (χ2v) is 2.93. The summed E-state index contributed by atoms with van der Waals surface area (Å²) in [7, 11) is 0. The lowest BCUT2D eigenvalue weighted by Crippen LogP contribution is -2.25. The molecule has 0 aliphatic carbocycles. The van der Waals surface area contributed by atoms with Crippen molar-refractivity contribution in [3.8, 4) is 0 Å². The van der Waals surface area contributed by atoms with Gasteiger partial charge in [-0.1, -0.05) is 18.2 Å². The summed E-state index contributed by atoms with van der Waals surface area (Å²) in [5.41, 5.74) is 0.415. The summed E-state index contributed by atoms with van der Waals surface area (Å²) in [5, 5.41) is 11.2. The Bertz CT molecular complexity index is 435. The second kappa shape index (κ2) is 4.35. The maximum atomic E-state index is 11.0. The van der Waals surface area contributed by atoms with Gasteiger partial charge < -0.3 is 0 Å². The van der Waals surface area contributed by atoms with Gasteiger partial charge in [-0.05, 0) is 23.2 Å². The molecule has 16 heavy (non-hydrogen) atoms. The van der Waals surface area contributed by atoms with Crippen molar-refractivity contribution < 1.29 is 5.03 Å². The first-order chi connectivity index (χ1) is 7.79. The first kappa shape index (κ1) is 10.0. The van der Waals surface area contributed by atoms with E-state index < -0.39 is 5.03 Å². The van der Waals surface area contributed by atoms with E-state index in [0.717, 1.165) is 5.01 Å². The highest BCUT2D eigenvalue weighted by Crippen LogP contribution is 2.20. The van der Waals surface area contributed by atoms with E-state index in [1.54, 1.807) is 36.4 Å². The molecule has 0 spiro atoms. The van der Waals surface area contributed by atoms with Crippen LogP contribution in [0.5, 0.6) is 0 Å². The SMILES string of the molecule is O=[N+]([O-])N(c1ccccc1)c1ncccn1. The Labute approximate surface area is 91.3 Å². The van der Waals surface area contributed by atoms with Crippen molar-refractivity contribution in [2.45, 2.75) is 0 Å². The Kier molecular flexibility index (Phi) is 2.73. The Morgan fingerprint density at radius 1 is 1.06 bits per heavy atom. The van der Waals surface area contributed by atoms with Crippen molar-refractivity contribution in [1.82, 2.24) is 9.97 Å². The van der Waals surface area contributed by atoms with Crippen molar-refractivity contribution in [3.05, 3.63) is 58.9 Å². The molecular formula is C10H8N4O2. The number of aromatic nitrogens is 2. The number of nitro groups is 1. The molecule has 6 nitrogen and oxygen atoms in total. The molecule has 0 fully saturated rings. The molecule has 0 saturated carbocycles. The van der Waals surface area contributed by atoms with E-state index >= 15 is 0 Å². The Balaban J connectivity index is 2.44. The van der Waals surface area contributed by atoms with Crippen molar-refractivity contribution in [1.29, 1.82) is 0 Å². The zero-order valence-corrected chi connectivity index (χ0v) is 8.22. The summed E-state index contributed by atoms with van der Waals surface area (Å²) in [4.78, 5) is 18.7. The van der Waals surface area contributed by atoms with Crippen LogP contribution in [0.4, 0.5) is 11.6 Å². The van der Waals surface area contributed by atoms with Gasteiger partial charge in [-0.15, -0.1) is 0 Å². The van der Waals surface area contributed by atoms with Gasteiger partial charge >= 0.3 is 0 Å². The number of hydrogen-bond donors (Lipinski definition) is 0. The first-order valence-electron chi connectivity index (χ1n) is 4.55. The number of para-hydroxylation sites is 1. The van der Waals surface area contributed by atoms with E-state index in [0.29, 0.717) is 5.69 Å². The minimum Gasteiger partial charge on any atom is -0.234 e. The lowest BCUT2D eigenvalue weighted by molar-refractivity contribution is -0.484. The van der Waals surface area contributed by atoms with Crippen molar-refractivity contribution in [2.75, 3.05) is 5.01 Å². The highest BCUT2D eigenvalue weighted by Gasteiger charge is 2.22. The van der Waals surface area contributed by atoms with Gasteiger partial charge in [-0.25, -0.2) is 20.1 Å². The summed E-state index contributed by atoms with van der Waals surface area (Å²) in [6.07, 6.45) is 2.92. The van der Waals surface area contributed by atoms with Crippen LogP contribution in [-0.2, 0) is 0 Å². The molecule has 2 aromatic rings. The molecule has 80 valence electrons. The Hall–Kier alpha value is -2.50. The number of benzene rings is 1. The summed E-state index contributed by atoms with van der Waals surface area (Å²) in [5.74, 6) is 0.0405. The molecule has 0 unspecified atom stereocenters. The van der Waals surface area contributed by atoms with Gasteiger partial charge in [0.05, 0.1) is 0 Å². The lowest BCUT2D eigenvalue weighted by Gasteiger charge is -2.10. The van der Waals surface area contributed by atoms with Gasteiger partial charge in [0, 0.05) is 12.4 Å². The van der Waals surface area contributed by atoms with E-state index in [2.05, 4.69) is 9.97 Å². The predicted octanol–water partition coefficient (Wildman–Crippen LogP) is 1.81. The van der Waals surface area contributed by atoms with Crippen molar-refractivity contribution in [2.24, 2.45) is 0 Å². The molecule has 6 heteroatoms. The predicted molar refractivity (Wildman–Crippen MR) is 57.6 cm³/mol. The molecule has 0 amide bonds. The largest absolute Gasteiger partial charge is 0.294 e. The monoisotopic (exact) mass is 216 g/mol. The Morgan fingerprint density at radius 2 is 1.69 bits per heavy atom. The summed E-state index contributed by atoms with van der Waals surface area (Å²) < 4.78 is 0. The topological polar surface area (TPSA) is 72.2 Å². The van der Waals surface area contributed by atoms with E-state index in [-0.39, 0.29) is 5.95 Å². The molecule has 2 rings (SSSR count). The van der Waals surface area contributed by atoms with Crippen LogP contribution in [0, 0.1) is 10.1 Å². The molecule has 0 bridgehead atoms. The van der Waals surface area contributed by atoms with Gasteiger partial charge in [0.25, 0.3) is 5.95 Å². The van der Waals surface area contributed by atoms with E-state index in [9.17, 15) is 10.1 Å². The van der Waals surface area contributed by atoms with E-state index in [1.807, 2.05) is 0 Å². The fourth-order valence-corrected chi connectivity index (χ4v) is 1.25. The minimum absolute atomic E-state index is 0.0405. The molecule has 1 aromatic heterocycles. The smallest absolute Gasteiger partial charge is 0.234 e. The molecule has 0 radical (unpaired) electrons. The van der Waals surface area contributed by atoms with Crippen LogP contribution in [0.25, 0.3) is 0 Å². The van der Waals surface area contributed by atoms with Gasteiger partial charge in [0.1, 0.15) is 5.69 Å². The summed E-state index contributed by atoms with van der Waals surface area (Å²) in [6.45, 7) is 0. The van der Waals surface area contributed by atoms with Crippen LogP contribution in [-0.4, -0.2) is 15.0 Å². The quantitative estimate of drug-likeness (QED) is 0.577. The molecular weight excluding hydrogens is 208 g/mol. The molecule has 0 N–H and O–H groups in total. The van der Waals surface area contributed by atoms with Crippen molar-refractivity contribution >= 4 is 11.6 Å². The third-order valence-electron chi connectivity index (χ3n) is 1.91. The molecule has 1 aromatic carbocycles. The van der Waals surface area contributed by atoms with Crippen LogP contribution in [0.3, 0.4) is 0 Å². The molecule has 0 aliphatic rings. The summed E-state index contributed by atoms with van der Waals surface area (Å²) in [6, 6.07) is 10.1. The van der Waals surface area contributed by atoms with Crippen LogP contribution in [0.15, 0.2) is 48.8 Å². The third-order valence-corrected chi connectivity index (χ3v) is 1.91. The average molecular weight is 216 g/mol. The fourth-order valence-electron chi connectivity index (χ4n) is 1.25. The minimum atomic E-state index is -0.551. The molecule has 0 aliphatic heterocycles. The number of anilines is 2. The van der Waals surface area contributed by atoms with Crippen LogP contribution in [0.1, 0.15) is 0 Å². The lowest BCUT2D eigenvalue weighted by atomic mass is 10.3. The molecule has 0 atom stereocenters. The molecule has 0 saturated heterocycles. The first-order valence-corrected chi connectivity index (χ1v) is 4.55. The second-order valence-electron chi connectivity index (χ2n) is 2.93. The van der Waals surface area contributed by atoms with Gasteiger partial charge in [-0.2, -0.15) is 0 Å². The number of rotatable bonds is 3. The fraction of sp³-hybridized carbons (Fsp3) is 0. The third kappa shape index (κ3) is 1.95. The summed E-state index contributed by atoms with van der Waals surface area (Å²) >= 11 is 0. The highest BCUT2D eigenvalue weighted by atomic mass is 16.7. The van der Waals surface area contributed by atoms with Crippen molar-refractivity contribution in [3.63, 3.8) is 0 Å². The van der Waals surface area contributed by atoms with Crippen LogP contribution >= 0.6 is 0 Å². The van der Waals surface area contributed by atoms with Gasteiger partial charge in [0.2, 0.25) is 0 Å². The highest BCUT2D eigenvalue weighted by molar-refractivity contribution is 5.52. The van der Waals surface area contributed by atoms with Crippen LogP contribution in [0.2, 0.25) is 0 Å². The van der Waals surface area contributed by atoms with Gasteiger partial charge in [-0.3, -0.25) is 0 Å². The van der Waals surface area contributed by atoms with E-state index in [1.165, 1.54) is 12.4 Å².